The third kappa shape index (κ3) is 2.52. The number of halogens is 1. The van der Waals surface area contributed by atoms with E-state index in [1.807, 2.05) is 26.2 Å². The molecule has 0 aliphatic heterocycles. The minimum absolute atomic E-state index is 0.353. The summed E-state index contributed by atoms with van der Waals surface area (Å²) in [6.07, 6.45) is 1.78. The summed E-state index contributed by atoms with van der Waals surface area (Å²) < 4.78 is 4.40. The van der Waals surface area contributed by atoms with Crippen LogP contribution in [0.5, 0.6) is 0 Å². The molecule has 0 unspecified atom stereocenters. The van der Waals surface area contributed by atoms with Gasteiger partial charge in [-0.3, -0.25) is 9.27 Å². The fraction of sp³-hybridized carbons (Fsp3) is 0.286. The van der Waals surface area contributed by atoms with E-state index < -0.39 is 0 Å². The molecule has 1 aromatic rings. The second-order valence-electron chi connectivity index (χ2n) is 2.12. The molecular formula is C7H8BClNO. The van der Waals surface area contributed by atoms with Gasteiger partial charge in [0.15, 0.2) is 0 Å². The van der Waals surface area contributed by atoms with E-state index in [0.29, 0.717) is 6.61 Å². The maximum Gasteiger partial charge on any atom is 0.150 e. The summed E-state index contributed by atoms with van der Waals surface area (Å²) in [7, 11) is 1.98. The summed E-state index contributed by atoms with van der Waals surface area (Å²) in [5, 5.41) is 0. The van der Waals surface area contributed by atoms with E-state index >= 15 is 0 Å². The lowest BCUT2D eigenvalue weighted by Gasteiger charge is -1.97. The van der Waals surface area contributed by atoms with Crippen molar-refractivity contribution < 1.29 is 4.29 Å². The smallest absolute Gasteiger partial charge is 0.150 e. The Bertz CT molecular complexity index is 214. The van der Waals surface area contributed by atoms with Gasteiger partial charge in [-0.25, -0.2) is 0 Å². The Morgan fingerprint density at radius 1 is 1.64 bits per heavy atom. The lowest BCUT2D eigenvalue weighted by molar-refractivity contribution is 0.335. The molecule has 0 fully saturated rings. The number of rotatable bonds is 3. The monoisotopic (exact) mass is 168 g/mol. The van der Waals surface area contributed by atoms with E-state index in [-0.39, 0.29) is 0 Å². The van der Waals surface area contributed by atoms with Crippen LogP contribution >= 0.6 is 11.9 Å². The van der Waals surface area contributed by atoms with Gasteiger partial charge in [-0.2, -0.15) is 0 Å². The lowest BCUT2D eigenvalue weighted by atomic mass is 9.74. The molecule has 0 aliphatic rings. The van der Waals surface area contributed by atoms with Crippen molar-refractivity contribution in [3.63, 3.8) is 0 Å². The first-order valence-electron chi connectivity index (χ1n) is 3.34. The molecule has 2 nitrogen and oxygen atoms in total. The predicted molar refractivity (Wildman–Crippen MR) is 46.1 cm³/mol. The molecule has 0 spiro atoms. The molecule has 0 amide bonds. The molecule has 1 heterocycles. The van der Waals surface area contributed by atoms with Crippen LogP contribution in [-0.4, -0.2) is 12.3 Å². The second kappa shape index (κ2) is 4.37. The van der Waals surface area contributed by atoms with Crippen LogP contribution in [0.25, 0.3) is 0 Å². The Kier molecular flexibility index (Phi) is 3.40. The number of aromatic nitrogens is 1. The van der Waals surface area contributed by atoms with Gasteiger partial charge in [0.1, 0.15) is 13.9 Å². The van der Waals surface area contributed by atoms with Crippen molar-refractivity contribution in [1.29, 1.82) is 0 Å². The fourth-order valence-corrected chi connectivity index (χ4v) is 0.860. The first kappa shape index (κ1) is 8.56. The first-order valence-corrected chi connectivity index (χ1v) is 3.65. The molecule has 0 atom stereocenters. The summed E-state index contributed by atoms with van der Waals surface area (Å²) in [6, 6.07) is 3.86. The number of nitrogens with zero attached hydrogens (tertiary/aromatic N) is 1. The molecule has 0 bridgehead atoms. The van der Waals surface area contributed by atoms with Gasteiger partial charge in [-0.05, 0) is 6.07 Å². The van der Waals surface area contributed by atoms with Gasteiger partial charge in [0.05, 0.1) is 17.6 Å². The van der Waals surface area contributed by atoms with Crippen molar-refractivity contribution in [2.45, 2.75) is 13.4 Å². The van der Waals surface area contributed by atoms with Crippen LogP contribution in [0.15, 0.2) is 18.3 Å². The van der Waals surface area contributed by atoms with Gasteiger partial charge < -0.3 is 0 Å². The zero-order valence-corrected chi connectivity index (χ0v) is 7.01. The van der Waals surface area contributed by atoms with E-state index in [1.54, 1.807) is 6.20 Å². The molecule has 0 saturated carbocycles. The SMILES string of the molecule is C[B]c1ccc(COCl)nc1. The van der Waals surface area contributed by atoms with Gasteiger partial charge in [0, 0.05) is 6.20 Å². The Morgan fingerprint density at radius 2 is 2.45 bits per heavy atom. The normalized spacial score (nSPS) is 9.64. The van der Waals surface area contributed by atoms with Crippen LogP contribution in [0.4, 0.5) is 0 Å². The van der Waals surface area contributed by atoms with Crippen LogP contribution in [0.1, 0.15) is 5.69 Å². The standard InChI is InChI=1S/C7H8BClNO/c1-8-6-2-3-7(5-11-9)10-4-6/h2-4H,5H2,1H3. The van der Waals surface area contributed by atoms with E-state index in [9.17, 15) is 0 Å². The van der Waals surface area contributed by atoms with Crippen LogP contribution in [0.3, 0.4) is 0 Å². The minimum atomic E-state index is 0.353. The summed E-state index contributed by atoms with van der Waals surface area (Å²) in [5.74, 6) is 0. The minimum Gasteiger partial charge on any atom is -0.273 e. The summed E-state index contributed by atoms with van der Waals surface area (Å²) in [4.78, 5) is 4.10. The molecule has 0 aliphatic carbocycles. The van der Waals surface area contributed by atoms with Gasteiger partial charge in [-0.15, -0.1) is 0 Å². The molecule has 1 aromatic heterocycles. The average molecular weight is 168 g/mol. The molecule has 0 aromatic carbocycles. The van der Waals surface area contributed by atoms with Crippen molar-refractivity contribution in [3.8, 4) is 0 Å². The van der Waals surface area contributed by atoms with Gasteiger partial charge in [-0.1, -0.05) is 18.4 Å². The van der Waals surface area contributed by atoms with Crippen molar-refractivity contribution in [2.75, 3.05) is 0 Å². The highest BCUT2D eigenvalue weighted by atomic mass is 35.5. The summed E-state index contributed by atoms with van der Waals surface area (Å²) in [5.41, 5.74) is 1.94. The van der Waals surface area contributed by atoms with Crippen molar-refractivity contribution in [3.05, 3.63) is 24.0 Å². The van der Waals surface area contributed by atoms with E-state index in [2.05, 4.69) is 9.27 Å². The van der Waals surface area contributed by atoms with Crippen molar-refractivity contribution >= 4 is 24.6 Å². The zero-order chi connectivity index (χ0) is 8.10. The maximum atomic E-state index is 5.06. The van der Waals surface area contributed by atoms with Crippen molar-refractivity contribution in [1.82, 2.24) is 4.98 Å². The van der Waals surface area contributed by atoms with Gasteiger partial charge >= 0.3 is 0 Å². The summed E-state index contributed by atoms with van der Waals surface area (Å²) in [6.45, 7) is 2.32. The van der Waals surface area contributed by atoms with Crippen LogP contribution < -0.4 is 5.46 Å². The third-order valence-corrected chi connectivity index (χ3v) is 1.49. The quantitative estimate of drug-likeness (QED) is 0.631. The molecule has 11 heavy (non-hydrogen) atoms. The van der Waals surface area contributed by atoms with Crippen molar-refractivity contribution in [2.24, 2.45) is 0 Å². The molecule has 0 N–H and O–H groups in total. The highest BCUT2D eigenvalue weighted by Gasteiger charge is 1.93. The molecule has 1 rings (SSSR count). The topological polar surface area (TPSA) is 22.1 Å². The number of hydrogen-bond donors (Lipinski definition) is 0. The maximum absolute atomic E-state index is 5.06. The fourth-order valence-electron chi connectivity index (χ4n) is 0.748. The van der Waals surface area contributed by atoms with Crippen LogP contribution in [0.2, 0.25) is 6.82 Å². The van der Waals surface area contributed by atoms with E-state index in [1.165, 1.54) is 0 Å². The lowest BCUT2D eigenvalue weighted by Crippen LogP contribution is -2.11. The van der Waals surface area contributed by atoms with E-state index in [0.717, 1.165) is 11.2 Å². The summed E-state index contributed by atoms with van der Waals surface area (Å²) >= 11 is 5.06. The van der Waals surface area contributed by atoms with Gasteiger partial charge in [0.2, 0.25) is 0 Å². The zero-order valence-electron chi connectivity index (χ0n) is 6.25. The Labute approximate surface area is 72.0 Å². The number of pyridine rings is 1. The van der Waals surface area contributed by atoms with Crippen LogP contribution in [0, 0.1) is 0 Å². The first-order chi connectivity index (χ1) is 5.36. The number of hydrogen-bond acceptors (Lipinski definition) is 2. The molecule has 4 heteroatoms. The Balaban J connectivity index is 2.66. The Morgan fingerprint density at radius 3 is 2.91 bits per heavy atom. The average Bonchev–Trinajstić information content (AvgIpc) is 2.07. The molecule has 0 saturated heterocycles. The highest BCUT2D eigenvalue weighted by Crippen LogP contribution is 1.95. The Hall–Kier alpha value is -0.535. The molecule has 1 radical (unpaired) electrons. The third-order valence-electron chi connectivity index (χ3n) is 1.38. The highest BCUT2D eigenvalue weighted by molar-refractivity contribution is 6.51. The predicted octanol–water partition coefficient (Wildman–Crippen LogP) is 1.13. The van der Waals surface area contributed by atoms with E-state index in [4.69, 9.17) is 11.9 Å². The molecular weight excluding hydrogens is 160 g/mol. The van der Waals surface area contributed by atoms with Crippen LogP contribution in [-0.2, 0) is 10.9 Å². The second-order valence-corrected chi connectivity index (χ2v) is 2.34. The molecule has 57 valence electrons. The largest absolute Gasteiger partial charge is 0.273 e. The van der Waals surface area contributed by atoms with Gasteiger partial charge in [0.25, 0.3) is 0 Å².